The highest BCUT2D eigenvalue weighted by atomic mass is 35.5. The maximum absolute atomic E-state index is 13.5. The predicted octanol–water partition coefficient (Wildman–Crippen LogP) is 4.75. The second-order valence-electron chi connectivity index (χ2n) is 7.09. The van der Waals surface area contributed by atoms with Gasteiger partial charge in [0, 0.05) is 10.6 Å². The van der Waals surface area contributed by atoms with Gasteiger partial charge in [0.2, 0.25) is 0 Å². The number of rotatable bonds is 7. The molecule has 0 aromatic heterocycles. The van der Waals surface area contributed by atoms with Crippen molar-refractivity contribution in [3.05, 3.63) is 94.6 Å². The number of halogens is 1. The van der Waals surface area contributed by atoms with Gasteiger partial charge < -0.3 is 14.8 Å². The summed E-state index contributed by atoms with van der Waals surface area (Å²) in [5.74, 6) is 0.266. The number of benzene rings is 3. The van der Waals surface area contributed by atoms with Crippen molar-refractivity contribution >= 4 is 34.7 Å². The summed E-state index contributed by atoms with van der Waals surface area (Å²) in [5.41, 5.74) is 2.30. The van der Waals surface area contributed by atoms with Crippen molar-refractivity contribution < 1.29 is 19.1 Å². The van der Waals surface area contributed by atoms with Crippen LogP contribution in [0.15, 0.2) is 78.5 Å². The van der Waals surface area contributed by atoms with Gasteiger partial charge in [-0.1, -0.05) is 60.1 Å². The van der Waals surface area contributed by atoms with Gasteiger partial charge in [0.25, 0.3) is 11.8 Å². The first-order valence-electron chi connectivity index (χ1n) is 9.92. The smallest absolute Gasteiger partial charge is 0.278 e. The lowest BCUT2D eigenvalue weighted by Crippen LogP contribution is -2.32. The molecular formula is C25H21ClN2O4. The van der Waals surface area contributed by atoms with Crippen LogP contribution in [-0.2, 0) is 16.1 Å². The Kier molecular flexibility index (Phi) is 6.14. The first-order chi connectivity index (χ1) is 15.5. The van der Waals surface area contributed by atoms with E-state index in [4.69, 9.17) is 21.1 Å². The first-order valence-corrected chi connectivity index (χ1v) is 10.3. The number of nitrogens with zero attached hydrogens (tertiary/aromatic N) is 1. The lowest BCUT2D eigenvalue weighted by molar-refractivity contribution is -0.137. The van der Waals surface area contributed by atoms with Crippen LogP contribution >= 0.6 is 11.6 Å². The Balaban J connectivity index is 1.77. The van der Waals surface area contributed by atoms with Crippen LogP contribution in [-0.4, -0.2) is 30.9 Å². The fraction of sp³-hybridized carbons (Fsp3) is 0.120. The lowest BCUT2D eigenvalue weighted by Gasteiger charge is -2.17. The average Bonchev–Trinajstić information content (AvgIpc) is 3.04. The minimum absolute atomic E-state index is 0.0792. The maximum atomic E-state index is 13.5. The van der Waals surface area contributed by atoms with Crippen molar-refractivity contribution in [3.8, 4) is 11.5 Å². The zero-order chi connectivity index (χ0) is 22.7. The Bertz CT molecular complexity index is 1210. The van der Waals surface area contributed by atoms with Crippen LogP contribution in [0, 0.1) is 0 Å². The van der Waals surface area contributed by atoms with Crippen molar-refractivity contribution in [1.82, 2.24) is 4.90 Å². The van der Waals surface area contributed by atoms with E-state index in [0.717, 1.165) is 5.56 Å². The number of carbonyl (C=O) groups is 2. The number of carbonyl (C=O) groups excluding carboxylic acids is 2. The molecule has 1 aliphatic rings. The Morgan fingerprint density at radius 1 is 0.844 bits per heavy atom. The summed E-state index contributed by atoms with van der Waals surface area (Å²) in [6, 6.07) is 21.4. The number of ether oxygens (including phenoxy) is 2. The van der Waals surface area contributed by atoms with Gasteiger partial charge in [0.1, 0.15) is 17.2 Å². The molecule has 0 radical (unpaired) electrons. The molecule has 4 rings (SSSR count). The van der Waals surface area contributed by atoms with Crippen molar-refractivity contribution in [2.24, 2.45) is 0 Å². The zero-order valence-electron chi connectivity index (χ0n) is 17.6. The van der Waals surface area contributed by atoms with Crippen LogP contribution in [0.1, 0.15) is 11.1 Å². The molecule has 0 spiro atoms. The van der Waals surface area contributed by atoms with E-state index in [1.54, 1.807) is 43.5 Å². The number of hydrogen-bond acceptors (Lipinski definition) is 5. The summed E-state index contributed by atoms with van der Waals surface area (Å²) in [6.07, 6.45) is 0. The molecule has 162 valence electrons. The van der Waals surface area contributed by atoms with Gasteiger partial charge in [-0.15, -0.1) is 0 Å². The van der Waals surface area contributed by atoms with Crippen LogP contribution < -0.4 is 14.8 Å². The molecule has 6 nitrogen and oxygen atoms in total. The van der Waals surface area contributed by atoms with E-state index in [2.05, 4.69) is 5.32 Å². The third kappa shape index (κ3) is 4.05. The highest BCUT2D eigenvalue weighted by Crippen LogP contribution is 2.35. The summed E-state index contributed by atoms with van der Waals surface area (Å²) in [5, 5.41) is 3.57. The minimum atomic E-state index is -0.443. The SMILES string of the molecule is COc1ccccc1CN1C(=O)C(Nc2cc(Cl)ccc2OC)=C(c2ccccc2)C1=O. The molecule has 0 saturated carbocycles. The van der Waals surface area contributed by atoms with Crippen LogP contribution in [0.2, 0.25) is 5.02 Å². The monoisotopic (exact) mass is 448 g/mol. The molecule has 0 bridgehead atoms. The van der Waals surface area contributed by atoms with Crippen LogP contribution in [0.3, 0.4) is 0 Å². The fourth-order valence-corrected chi connectivity index (χ4v) is 3.80. The lowest BCUT2D eigenvalue weighted by atomic mass is 10.0. The van der Waals surface area contributed by atoms with Gasteiger partial charge >= 0.3 is 0 Å². The number of imide groups is 1. The van der Waals surface area contributed by atoms with E-state index >= 15 is 0 Å². The van der Waals surface area contributed by atoms with Gasteiger partial charge in [0.15, 0.2) is 0 Å². The van der Waals surface area contributed by atoms with E-state index in [1.165, 1.54) is 12.0 Å². The van der Waals surface area contributed by atoms with Gasteiger partial charge in [0.05, 0.1) is 32.0 Å². The summed E-state index contributed by atoms with van der Waals surface area (Å²) >= 11 is 6.16. The number of nitrogens with one attached hydrogen (secondary N) is 1. The number of para-hydroxylation sites is 1. The average molecular weight is 449 g/mol. The van der Waals surface area contributed by atoms with E-state index in [-0.39, 0.29) is 17.8 Å². The number of hydrogen-bond donors (Lipinski definition) is 1. The van der Waals surface area contributed by atoms with E-state index in [1.807, 2.05) is 36.4 Å². The third-order valence-corrected chi connectivity index (χ3v) is 5.41. The maximum Gasteiger partial charge on any atom is 0.278 e. The summed E-state index contributed by atoms with van der Waals surface area (Å²) in [4.78, 5) is 28.1. The molecule has 1 N–H and O–H groups in total. The van der Waals surface area contributed by atoms with Gasteiger partial charge in [-0.3, -0.25) is 14.5 Å². The molecule has 0 aliphatic carbocycles. The first kappa shape index (κ1) is 21.5. The molecular weight excluding hydrogens is 428 g/mol. The quantitative estimate of drug-likeness (QED) is 0.528. The second kappa shape index (κ2) is 9.16. The summed E-state index contributed by atoms with van der Waals surface area (Å²) in [7, 11) is 3.08. The molecule has 2 amide bonds. The largest absolute Gasteiger partial charge is 0.496 e. The van der Waals surface area contributed by atoms with Gasteiger partial charge in [-0.05, 0) is 29.8 Å². The molecule has 0 atom stereocenters. The normalized spacial score (nSPS) is 13.5. The molecule has 3 aromatic carbocycles. The Hall–Kier alpha value is -3.77. The molecule has 0 fully saturated rings. The highest BCUT2D eigenvalue weighted by molar-refractivity contribution is 6.36. The molecule has 3 aromatic rings. The third-order valence-electron chi connectivity index (χ3n) is 5.17. The highest BCUT2D eigenvalue weighted by Gasteiger charge is 2.39. The topological polar surface area (TPSA) is 67.9 Å². The zero-order valence-corrected chi connectivity index (χ0v) is 18.3. The van der Waals surface area contributed by atoms with Crippen molar-refractivity contribution in [2.45, 2.75) is 6.54 Å². The van der Waals surface area contributed by atoms with E-state index in [0.29, 0.717) is 27.8 Å². The molecule has 1 aliphatic heterocycles. The van der Waals surface area contributed by atoms with Crippen molar-refractivity contribution in [2.75, 3.05) is 19.5 Å². The molecule has 0 unspecified atom stereocenters. The molecule has 0 saturated heterocycles. The second-order valence-corrected chi connectivity index (χ2v) is 7.53. The van der Waals surface area contributed by atoms with Crippen LogP contribution in [0.25, 0.3) is 5.57 Å². The minimum Gasteiger partial charge on any atom is -0.496 e. The Morgan fingerprint density at radius 3 is 2.25 bits per heavy atom. The molecule has 32 heavy (non-hydrogen) atoms. The fourth-order valence-electron chi connectivity index (χ4n) is 3.62. The Morgan fingerprint density at radius 2 is 1.53 bits per heavy atom. The van der Waals surface area contributed by atoms with Gasteiger partial charge in [-0.2, -0.15) is 0 Å². The van der Waals surface area contributed by atoms with E-state index < -0.39 is 11.8 Å². The number of anilines is 1. The van der Waals surface area contributed by atoms with Gasteiger partial charge in [-0.25, -0.2) is 0 Å². The summed E-state index contributed by atoms with van der Waals surface area (Å²) < 4.78 is 10.8. The summed E-state index contributed by atoms with van der Waals surface area (Å²) in [6.45, 7) is 0.0792. The Labute approximate surface area is 191 Å². The van der Waals surface area contributed by atoms with Crippen LogP contribution in [0.5, 0.6) is 11.5 Å². The number of amides is 2. The van der Waals surface area contributed by atoms with Crippen molar-refractivity contribution in [3.63, 3.8) is 0 Å². The standard InChI is InChI=1S/C25H21ClN2O4/c1-31-20-11-7-6-10-17(20)15-28-24(29)22(16-8-4-3-5-9-16)23(25(28)30)27-19-14-18(26)12-13-21(19)32-2/h3-14,27H,15H2,1-2H3. The van der Waals surface area contributed by atoms with Crippen LogP contribution in [0.4, 0.5) is 5.69 Å². The predicted molar refractivity (Wildman–Crippen MR) is 124 cm³/mol. The molecule has 1 heterocycles. The van der Waals surface area contributed by atoms with E-state index in [9.17, 15) is 9.59 Å². The molecule has 7 heteroatoms. The van der Waals surface area contributed by atoms with Crippen molar-refractivity contribution in [1.29, 1.82) is 0 Å². The number of methoxy groups -OCH3 is 2.